The normalized spacial score (nSPS) is 26.1. The summed E-state index contributed by atoms with van der Waals surface area (Å²) in [5.74, 6) is -2.45. The molecular weight excluding hydrogens is 288 g/mol. The molecule has 3 atom stereocenters. The lowest BCUT2D eigenvalue weighted by atomic mass is 9.75. The summed E-state index contributed by atoms with van der Waals surface area (Å²) in [5, 5.41) is 44.1. The van der Waals surface area contributed by atoms with Crippen molar-refractivity contribution in [2.45, 2.75) is 18.4 Å². The first-order chi connectivity index (χ1) is 10.1. The van der Waals surface area contributed by atoms with E-state index in [-0.39, 0.29) is 5.11 Å². The minimum atomic E-state index is -1.15. The molecular formula is C14H14N4O2S. The number of rotatable bonds is 3. The van der Waals surface area contributed by atoms with Crippen LogP contribution >= 0.6 is 12.2 Å². The molecule has 1 saturated heterocycles. The van der Waals surface area contributed by atoms with Crippen molar-refractivity contribution in [2.75, 3.05) is 0 Å². The van der Waals surface area contributed by atoms with Gasteiger partial charge in [-0.25, -0.2) is 0 Å². The Bertz CT molecular complexity index is 567. The zero-order valence-electron chi connectivity index (χ0n) is 11.0. The van der Waals surface area contributed by atoms with Crippen LogP contribution in [0.15, 0.2) is 30.3 Å². The number of nitrogens with zero attached hydrogens (tertiary/aromatic N) is 2. The predicted octanol–water partition coefficient (Wildman–Crippen LogP) is 0.164. The predicted molar refractivity (Wildman–Crippen MR) is 78.3 cm³/mol. The highest BCUT2D eigenvalue weighted by Crippen LogP contribution is 2.36. The van der Waals surface area contributed by atoms with Crippen LogP contribution in [0.4, 0.5) is 0 Å². The Morgan fingerprint density at radius 2 is 1.57 bits per heavy atom. The largest absolute Gasteiger partial charge is 0.373 e. The van der Waals surface area contributed by atoms with E-state index < -0.39 is 30.2 Å². The Kier molecular flexibility index (Phi) is 4.71. The molecule has 2 rings (SSSR count). The maximum Gasteiger partial charge on any atom is 0.170 e. The summed E-state index contributed by atoms with van der Waals surface area (Å²) < 4.78 is 0. The molecule has 6 nitrogen and oxygen atoms in total. The molecule has 0 aromatic heterocycles. The Hall–Kier alpha value is -2.19. The molecule has 1 aliphatic rings. The van der Waals surface area contributed by atoms with E-state index in [0.717, 1.165) is 0 Å². The summed E-state index contributed by atoms with van der Waals surface area (Å²) >= 11 is 4.87. The lowest BCUT2D eigenvalue weighted by Gasteiger charge is -2.40. The van der Waals surface area contributed by atoms with Crippen LogP contribution in [0, 0.1) is 34.5 Å². The van der Waals surface area contributed by atoms with Gasteiger partial charge in [-0.3, -0.25) is 0 Å². The molecule has 1 aliphatic heterocycles. The van der Waals surface area contributed by atoms with E-state index in [1.165, 1.54) is 0 Å². The second kappa shape index (κ2) is 6.51. The van der Waals surface area contributed by atoms with Gasteiger partial charge in [-0.2, -0.15) is 10.5 Å². The molecule has 21 heavy (non-hydrogen) atoms. The van der Waals surface area contributed by atoms with Crippen molar-refractivity contribution in [3.8, 4) is 12.1 Å². The van der Waals surface area contributed by atoms with Crippen LogP contribution in [0.25, 0.3) is 0 Å². The third-order valence-corrected chi connectivity index (χ3v) is 3.76. The molecule has 0 saturated carbocycles. The topological polar surface area (TPSA) is 112 Å². The monoisotopic (exact) mass is 302 g/mol. The van der Waals surface area contributed by atoms with E-state index in [1.54, 1.807) is 24.3 Å². The molecule has 0 aliphatic carbocycles. The van der Waals surface area contributed by atoms with Crippen molar-refractivity contribution in [1.82, 2.24) is 10.6 Å². The van der Waals surface area contributed by atoms with Gasteiger partial charge in [0, 0.05) is 5.92 Å². The molecule has 1 aromatic carbocycles. The maximum absolute atomic E-state index is 10.2. The first-order valence-corrected chi connectivity index (χ1v) is 6.76. The van der Waals surface area contributed by atoms with Gasteiger partial charge in [0.2, 0.25) is 0 Å². The van der Waals surface area contributed by atoms with Crippen LogP contribution in [0.3, 0.4) is 0 Å². The standard InChI is InChI=1S/C14H14N4O2S/c15-6-9(7-16)10(8-4-2-1-3-5-8)11-12(19)17-14(21)18-13(11)20/h1-5,9-13,19-20H,(H2,17,18,21). The molecule has 0 amide bonds. The first-order valence-electron chi connectivity index (χ1n) is 6.36. The Morgan fingerprint density at radius 1 is 1.05 bits per heavy atom. The van der Waals surface area contributed by atoms with Crippen molar-refractivity contribution in [3.63, 3.8) is 0 Å². The van der Waals surface area contributed by atoms with Gasteiger partial charge in [0.25, 0.3) is 0 Å². The fraction of sp³-hybridized carbons (Fsp3) is 0.357. The van der Waals surface area contributed by atoms with Gasteiger partial charge in [0.1, 0.15) is 18.4 Å². The smallest absolute Gasteiger partial charge is 0.170 e. The molecule has 108 valence electrons. The Labute approximate surface area is 127 Å². The molecule has 3 unspecified atom stereocenters. The number of hydrogen-bond acceptors (Lipinski definition) is 5. The summed E-state index contributed by atoms with van der Waals surface area (Å²) in [6.07, 6.45) is -2.30. The van der Waals surface area contributed by atoms with Crippen molar-refractivity contribution in [2.24, 2.45) is 11.8 Å². The molecule has 0 bridgehead atoms. The summed E-state index contributed by atoms with van der Waals surface area (Å²) in [6, 6.07) is 12.8. The van der Waals surface area contributed by atoms with Gasteiger partial charge in [0.05, 0.1) is 18.1 Å². The maximum atomic E-state index is 10.2. The number of nitriles is 2. The van der Waals surface area contributed by atoms with Crippen LogP contribution in [0.5, 0.6) is 0 Å². The summed E-state index contributed by atoms with van der Waals surface area (Å²) in [6.45, 7) is 0. The van der Waals surface area contributed by atoms with Gasteiger partial charge in [-0.05, 0) is 17.8 Å². The minimum absolute atomic E-state index is 0.128. The zero-order valence-corrected chi connectivity index (χ0v) is 11.8. The Balaban J connectivity index is 2.43. The summed E-state index contributed by atoms with van der Waals surface area (Å²) in [4.78, 5) is 0. The second-order valence-electron chi connectivity index (χ2n) is 4.76. The van der Waals surface area contributed by atoms with Gasteiger partial charge < -0.3 is 20.8 Å². The lowest BCUT2D eigenvalue weighted by Crippen LogP contribution is -2.62. The second-order valence-corrected chi connectivity index (χ2v) is 5.17. The van der Waals surface area contributed by atoms with Crippen molar-refractivity contribution in [1.29, 1.82) is 10.5 Å². The number of hydrogen-bond donors (Lipinski definition) is 4. The van der Waals surface area contributed by atoms with Gasteiger partial charge >= 0.3 is 0 Å². The van der Waals surface area contributed by atoms with Crippen molar-refractivity contribution < 1.29 is 10.2 Å². The fourth-order valence-electron chi connectivity index (χ4n) is 2.57. The van der Waals surface area contributed by atoms with E-state index in [9.17, 15) is 20.7 Å². The van der Waals surface area contributed by atoms with Gasteiger partial charge in [-0.15, -0.1) is 0 Å². The molecule has 1 aromatic rings. The van der Waals surface area contributed by atoms with Crippen molar-refractivity contribution in [3.05, 3.63) is 35.9 Å². The van der Waals surface area contributed by atoms with E-state index in [1.807, 2.05) is 18.2 Å². The van der Waals surface area contributed by atoms with Crippen LogP contribution in [-0.2, 0) is 0 Å². The van der Waals surface area contributed by atoms with Gasteiger partial charge in [0.15, 0.2) is 5.11 Å². The molecule has 0 spiro atoms. The average molecular weight is 302 g/mol. The quantitative estimate of drug-likeness (QED) is 0.589. The number of aliphatic hydroxyl groups is 2. The zero-order chi connectivity index (χ0) is 15.4. The van der Waals surface area contributed by atoms with Crippen molar-refractivity contribution >= 4 is 17.3 Å². The average Bonchev–Trinajstić information content (AvgIpc) is 2.46. The number of nitrogens with one attached hydrogen (secondary N) is 2. The van der Waals surface area contributed by atoms with E-state index in [0.29, 0.717) is 5.56 Å². The van der Waals surface area contributed by atoms with E-state index in [4.69, 9.17) is 12.2 Å². The number of aliphatic hydroxyl groups excluding tert-OH is 2. The highest BCUT2D eigenvalue weighted by Gasteiger charge is 2.43. The number of benzene rings is 1. The third-order valence-electron chi connectivity index (χ3n) is 3.52. The van der Waals surface area contributed by atoms with Crippen LogP contribution in [0.2, 0.25) is 0 Å². The number of thiocarbonyl (C=S) groups is 1. The van der Waals surface area contributed by atoms with Gasteiger partial charge in [-0.1, -0.05) is 30.3 Å². The Morgan fingerprint density at radius 3 is 2.05 bits per heavy atom. The fourth-order valence-corrected chi connectivity index (χ4v) is 2.81. The summed E-state index contributed by atoms with van der Waals surface area (Å²) in [7, 11) is 0. The van der Waals surface area contributed by atoms with E-state index in [2.05, 4.69) is 10.6 Å². The van der Waals surface area contributed by atoms with Crippen LogP contribution < -0.4 is 10.6 Å². The summed E-state index contributed by atoms with van der Waals surface area (Å²) in [5.41, 5.74) is 0.699. The molecule has 1 fully saturated rings. The molecule has 7 heteroatoms. The van der Waals surface area contributed by atoms with E-state index >= 15 is 0 Å². The molecule has 4 N–H and O–H groups in total. The highest BCUT2D eigenvalue weighted by molar-refractivity contribution is 7.80. The molecule has 1 heterocycles. The minimum Gasteiger partial charge on any atom is -0.373 e. The lowest BCUT2D eigenvalue weighted by molar-refractivity contribution is -0.0339. The molecule has 0 radical (unpaired) electrons. The van der Waals surface area contributed by atoms with Crippen LogP contribution in [-0.4, -0.2) is 27.8 Å². The van der Waals surface area contributed by atoms with Crippen LogP contribution in [0.1, 0.15) is 11.5 Å². The highest BCUT2D eigenvalue weighted by atomic mass is 32.1. The first kappa shape index (κ1) is 15.2. The third kappa shape index (κ3) is 3.11. The SMILES string of the molecule is N#CC(C#N)C(c1ccccc1)C1C(O)NC(=S)NC1O.